The Balaban J connectivity index is 0.000000465. The number of nitrogens with two attached hydrogens (primary N) is 2. The molecule has 3 amide bonds. The summed E-state index contributed by atoms with van der Waals surface area (Å²) in [5.74, 6) is 0.840. The van der Waals surface area contributed by atoms with E-state index in [2.05, 4.69) is 51.6 Å². The molecule has 150 valence electrons. The molecule has 0 aromatic heterocycles. The molecule has 6 heteroatoms. The number of hydrogen-bond acceptors (Lipinski definition) is 3. The number of primary amides is 2. The molecule has 1 aromatic rings. The summed E-state index contributed by atoms with van der Waals surface area (Å²) in [6.07, 6.45) is 5.39. The molecule has 1 fully saturated rings. The first-order valence-corrected chi connectivity index (χ1v) is 9.69. The second kappa shape index (κ2) is 7.89. The number of carbonyl (C=O) groups excluding carboxylic acids is 2. The zero-order valence-corrected chi connectivity index (χ0v) is 16.8. The maximum Gasteiger partial charge on any atom is 0.335 e. The minimum absolute atomic E-state index is 0.102. The molecule has 3 unspecified atom stereocenters. The molecule has 0 radical (unpaired) electrons. The van der Waals surface area contributed by atoms with Crippen LogP contribution >= 0.6 is 0 Å². The van der Waals surface area contributed by atoms with E-state index in [4.69, 9.17) is 10.9 Å². The van der Waals surface area contributed by atoms with E-state index in [0.717, 1.165) is 25.7 Å². The summed E-state index contributed by atoms with van der Waals surface area (Å²) in [6.45, 7) is 8.97. The van der Waals surface area contributed by atoms with Crippen molar-refractivity contribution < 1.29 is 14.8 Å². The average molecular weight is 376 g/mol. The largest absolute Gasteiger partial charge is 0.369 e. The number of urea groups is 1. The van der Waals surface area contributed by atoms with Crippen LogP contribution in [0.1, 0.15) is 76.0 Å². The number of hydrogen-bond donors (Lipinski definition) is 4. The van der Waals surface area contributed by atoms with Crippen LogP contribution in [0.25, 0.3) is 0 Å². The first kappa shape index (κ1) is 21.2. The SMILES string of the molecule is CC(C)c1ccc2c(c1)CCC1C(C)(C(N)=O)CCCC21C.NC(=O)NO. The normalized spacial score (nSPS) is 29.0. The van der Waals surface area contributed by atoms with Gasteiger partial charge in [-0.15, -0.1) is 0 Å². The zero-order chi connectivity index (χ0) is 20.4. The van der Waals surface area contributed by atoms with E-state index in [0.29, 0.717) is 11.8 Å². The molecule has 27 heavy (non-hydrogen) atoms. The van der Waals surface area contributed by atoms with Gasteiger partial charge in [-0.1, -0.05) is 52.3 Å². The van der Waals surface area contributed by atoms with Gasteiger partial charge in [-0.2, -0.15) is 0 Å². The van der Waals surface area contributed by atoms with Crippen LogP contribution in [0.3, 0.4) is 0 Å². The lowest BCUT2D eigenvalue weighted by Gasteiger charge is -2.54. The number of rotatable bonds is 2. The summed E-state index contributed by atoms with van der Waals surface area (Å²) in [5.41, 5.74) is 15.4. The highest BCUT2D eigenvalue weighted by molar-refractivity contribution is 5.81. The number of nitrogens with one attached hydrogen (secondary N) is 1. The van der Waals surface area contributed by atoms with Crippen molar-refractivity contribution in [1.82, 2.24) is 5.48 Å². The molecule has 0 saturated heterocycles. The van der Waals surface area contributed by atoms with E-state index in [1.54, 1.807) is 0 Å². The Hall–Kier alpha value is -2.08. The van der Waals surface area contributed by atoms with Crippen LogP contribution in [0.2, 0.25) is 0 Å². The van der Waals surface area contributed by atoms with Crippen LogP contribution in [0.15, 0.2) is 18.2 Å². The fourth-order valence-corrected chi connectivity index (χ4v) is 5.17. The molecule has 0 heterocycles. The predicted octanol–water partition coefficient (Wildman–Crippen LogP) is 3.35. The van der Waals surface area contributed by atoms with Crippen LogP contribution in [0.4, 0.5) is 4.79 Å². The molecule has 6 N–H and O–H groups in total. The van der Waals surface area contributed by atoms with Gasteiger partial charge in [-0.25, -0.2) is 10.3 Å². The molecular formula is C21H33N3O3. The van der Waals surface area contributed by atoms with Crippen molar-refractivity contribution in [3.8, 4) is 0 Å². The van der Waals surface area contributed by atoms with Gasteiger partial charge in [0.1, 0.15) is 0 Å². The van der Waals surface area contributed by atoms with Crippen molar-refractivity contribution in [3.05, 3.63) is 34.9 Å². The summed E-state index contributed by atoms with van der Waals surface area (Å²) >= 11 is 0. The third-order valence-corrected chi connectivity index (χ3v) is 6.72. The van der Waals surface area contributed by atoms with Gasteiger partial charge in [0.25, 0.3) is 0 Å². The Bertz CT molecular complexity index is 719. The van der Waals surface area contributed by atoms with Gasteiger partial charge in [-0.3, -0.25) is 10.0 Å². The first-order valence-electron chi connectivity index (χ1n) is 9.69. The van der Waals surface area contributed by atoms with Crippen LogP contribution in [-0.4, -0.2) is 17.1 Å². The minimum Gasteiger partial charge on any atom is -0.369 e. The van der Waals surface area contributed by atoms with Gasteiger partial charge in [0.2, 0.25) is 5.91 Å². The van der Waals surface area contributed by atoms with Crippen LogP contribution < -0.4 is 16.9 Å². The summed E-state index contributed by atoms with van der Waals surface area (Å²) in [6, 6.07) is 6.08. The highest BCUT2D eigenvalue weighted by Crippen LogP contribution is 2.57. The lowest BCUT2D eigenvalue weighted by Crippen LogP contribution is -2.54. The molecule has 1 saturated carbocycles. The first-order chi connectivity index (χ1) is 12.6. The molecule has 6 nitrogen and oxygen atoms in total. The number of aryl methyl sites for hydroxylation is 1. The number of fused-ring (bicyclic) bond motifs is 3. The Morgan fingerprint density at radius 1 is 1.22 bits per heavy atom. The van der Waals surface area contributed by atoms with Crippen molar-refractivity contribution in [2.24, 2.45) is 22.8 Å². The number of hydroxylamine groups is 1. The van der Waals surface area contributed by atoms with Gasteiger partial charge >= 0.3 is 6.03 Å². The molecule has 0 bridgehead atoms. The third kappa shape index (κ3) is 3.95. The molecule has 1 aromatic carbocycles. The van der Waals surface area contributed by atoms with Crippen molar-refractivity contribution in [3.63, 3.8) is 0 Å². The average Bonchev–Trinajstić information content (AvgIpc) is 2.61. The maximum absolute atomic E-state index is 12.2. The number of carbonyl (C=O) groups is 2. The van der Waals surface area contributed by atoms with Gasteiger partial charge in [0.05, 0.1) is 0 Å². The van der Waals surface area contributed by atoms with Crippen LogP contribution in [-0.2, 0) is 16.6 Å². The second-order valence-electron chi connectivity index (χ2n) is 8.69. The summed E-state index contributed by atoms with van der Waals surface area (Å²) in [4.78, 5) is 21.4. The van der Waals surface area contributed by atoms with E-state index in [1.807, 2.05) is 0 Å². The van der Waals surface area contributed by atoms with E-state index in [-0.39, 0.29) is 16.7 Å². The Kier molecular flexibility index (Phi) is 6.20. The minimum atomic E-state index is -0.940. The van der Waals surface area contributed by atoms with E-state index in [1.165, 1.54) is 28.6 Å². The maximum atomic E-state index is 12.2. The Morgan fingerprint density at radius 3 is 2.37 bits per heavy atom. The standard InChI is InChI=1S/C20H29NO.CH4N2O2/c1-13(2)14-6-8-16-15(12-14)7-9-17-19(16,3)10-5-11-20(17,4)18(21)22;2-1(4)3-5/h6,8,12-13,17H,5,7,9-11H2,1-4H3,(H2,21,22);5H,(H3,2,3,4). The van der Waals surface area contributed by atoms with Crippen molar-refractivity contribution in [2.75, 3.05) is 0 Å². The smallest absolute Gasteiger partial charge is 0.335 e. The van der Waals surface area contributed by atoms with Gasteiger partial charge in [0, 0.05) is 5.41 Å². The zero-order valence-electron chi connectivity index (χ0n) is 16.8. The third-order valence-electron chi connectivity index (χ3n) is 6.72. The lowest BCUT2D eigenvalue weighted by atomic mass is 9.49. The van der Waals surface area contributed by atoms with Gasteiger partial charge in [0.15, 0.2) is 0 Å². The van der Waals surface area contributed by atoms with E-state index >= 15 is 0 Å². The molecule has 0 spiro atoms. The molecular weight excluding hydrogens is 342 g/mol. The van der Waals surface area contributed by atoms with Gasteiger partial charge < -0.3 is 11.5 Å². The fraction of sp³-hybridized carbons (Fsp3) is 0.619. The van der Waals surface area contributed by atoms with Crippen molar-refractivity contribution in [1.29, 1.82) is 0 Å². The molecule has 3 atom stereocenters. The van der Waals surface area contributed by atoms with Gasteiger partial charge in [-0.05, 0) is 59.6 Å². The van der Waals surface area contributed by atoms with E-state index in [9.17, 15) is 9.59 Å². The molecule has 3 rings (SSSR count). The number of amides is 3. The summed E-state index contributed by atoms with van der Waals surface area (Å²) in [5, 5.41) is 7.42. The predicted molar refractivity (Wildman–Crippen MR) is 105 cm³/mol. The fourth-order valence-electron chi connectivity index (χ4n) is 5.17. The Labute approximate surface area is 161 Å². The topological polar surface area (TPSA) is 118 Å². The molecule has 2 aliphatic rings. The molecule has 0 aliphatic heterocycles. The second-order valence-corrected chi connectivity index (χ2v) is 8.69. The highest BCUT2D eigenvalue weighted by Gasteiger charge is 2.54. The lowest BCUT2D eigenvalue weighted by molar-refractivity contribution is -0.135. The molecule has 2 aliphatic carbocycles. The summed E-state index contributed by atoms with van der Waals surface area (Å²) in [7, 11) is 0. The van der Waals surface area contributed by atoms with Crippen molar-refractivity contribution >= 4 is 11.9 Å². The van der Waals surface area contributed by atoms with Crippen LogP contribution in [0, 0.1) is 11.3 Å². The quantitative estimate of drug-likeness (QED) is 0.469. The Morgan fingerprint density at radius 2 is 1.85 bits per heavy atom. The monoisotopic (exact) mass is 375 g/mol. The van der Waals surface area contributed by atoms with Crippen molar-refractivity contribution in [2.45, 2.75) is 71.1 Å². The summed E-state index contributed by atoms with van der Waals surface area (Å²) < 4.78 is 0. The van der Waals surface area contributed by atoms with E-state index < -0.39 is 6.03 Å². The number of benzene rings is 1. The van der Waals surface area contributed by atoms with Crippen LogP contribution in [0.5, 0.6) is 0 Å². The highest BCUT2D eigenvalue weighted by atomic mass is 16.5.